The maximum atomic E-state index is 5.47. The van der Waals surface area contributed by atoms with E-state index in [4.69, 9.17) is 19.9 Å². The molecule has 0 aliphatic heterocycles. The van der Waals surface area contributed by atoms with Gasteiger partial charge in [0.05, 0.1) is 17.1 Å². The second kappa shape index (κ2) is 14.5. The topological polar surface area (TPSA) is 56.0 Å². The van der Waals surface area contributed by atoms with Crippen LogP contribution >= 0.6 is 0 Å². The number of pyridine rings is 2. The Morgan fingerprint density at radius 1 is 0.305 bits per heavy atom. The molecule has 276 valence electrons. The third kappa shape index (κ3) is 6.22. The Bertz CT molecular complexity index is 3220. The Labute approximate surface area is 341 Å². The molecular formula is C54H35N5. The minimum atomic E-state index is 0.663. The van der Waals surface area contributed by atoms with Gasteiger partial charge in [-0.2, -0.15) is 0 Å². The summed E-state index contributed by atoms with van der Waals surface area (Å²) in [5.41, 5.74) is 15.6. The van der Waals surface area contributed by atoms with Crippen molar-refractivity contribution in [1.29, 1.82) is 0 Å². The lowest BCUT2D eigenvalue weighted by Gasteiger charge is -2.19. The van der Waals surface area contributed by atoms with E-state index in [0.29, 0.717) is 5.82 Å². The molecule has 0 unspecified atom stereocenters. The van der Waals surface area contributed by atoms with E-state index in [2.05, 4.69) is 174 Å². The van der Waals surface area contributed by atoms with E-state index >= 15 is 0 Å². The quantitative estimate of drug-likeness (QED) is 0.163. The summed E-state index contributed by atoms with van der Waals surface area (Å²) in [5.74, 6) is 0.663. The smallest absolute Gasteiger partial charge is 0.165 e. The molecule has 0 aliphatic carbocycles. The first kappa shape index (κ1) is 34.2. The van der Waals surface area contributed by atoms with Crippen molar-refractivity contribution < 1.29 is 0 Å². The van der Waals surface area contributed by atoms with Gasteiger partial charge >= 0.3 is 0 Å². The van der Waals surface area contributed by atoms with Gasteiger partial charge in [-0.15, -0.1) is 0 Å². The monoisotopic (exact) mass is 753 g/mol. The molecule has 4 heterocycles. The summed E-state index contributed by atoms with van der Waals surface area (Å²) >= 11 is 0. The summed E-state index contributed by atoms with van der Waals surface area (Å²) in [6.45, 7) is 0. The number of hydrogen-bond acceptors (Lipinski definition) is 4. The normalized spacial score (nSPS) is 11.4. The van der Waals surface area contributed by atoms with Crippen LogP contribution in [0, 0.1) is 0 Å². The van der Waals surface area contributed by atoms with Crippen LogP contribution in [0.15, 0.2) is 212 Å². The standard InChI is InChI=1S/C54H35N5/c1-4-17-36(18-5-1)39-23-14-27-43(33-39)50-48(51(57-53(56-50)38-21-8-3-9-22-38)44-28-15-24-40(34-44)37-19-6-2-7-20-37)41-25-16-26-42(35-41)49-45-29-10-11-30-46(45)52-54(58-49)59-32-13-12-31-47(59)55-52/h1-35H. The first-order chi connectivity index (χ1) is 29.2. The van der Waals surface area contributed by atoms with Crippen LogP contribution in [-0.4, -0.2) is 24.3 Å². The molecule has 5 heteroatoms. The van der Waals surface area contributed by atoms with Gasteiger partial charge in [0.1, 0.15) is 11.2 Å². The van der Waals surface area contributed by atoms with Gasteiger partial charge in [-0.05, 0) is 58.1 Å². The molecule has 0 spiro atoms. The minimum absolute atomic E-state index is 0.663. The molecule has 5 nitrogen and oxygen atoms in total. The molecule has 0 radical (unpaired) electrons. The Kier molecular flexibility index (Phi) is 8.41. The van der Waals surface area contributed by atoms with Crippen molar-refractivity contribution in [2.45, 2.75) is 0 Å². The van der Waals surface area contributed by atoms with Crippen molar-refractivity contribution in [2.75, 3.05) is 0 Å². The van der Waals surface area contributed by atoms with E-state index < -0.39 is 0 Å². The summed E-state index contributed by atoms with van der Waals surface area (Å²) in [4.78, 5) is 21.3. The highest BCUT2D eigenvalue weighted by molar-refractivity contribution is 6.09. The average molecular weight is 754 g/mol. The fourth-order valence-corrected chi connectivity index (χ4v) is 8.20. The molecule has 11 rings (SSSR count). The zero-order chi connectivity index (χ0) is 39.1. The van der Waals surface area contributed by atoms with Gasteiger partial charge in [0, 0.05) is 44.8 Å². The third-order valence-corrected chi connectivity index (χ3v) is 11.0. The molecule has 0 fully saturated rings. The van der Waals surface area contributed by atoms with Crippen LogP contribution < -0.4 is 0 Å². The second-order valence-corrected chi connectivity index (χ2v) is 14.7. The van der Waals surface area contributed by atoms with Crippen molar-refractivity contribution in [1.82, 2.24) is 24.3 Å². The highest BCUT2D eigenvalue weighted by atomic mass is 15.1. The maximum Gasteiger partial charge on any atom is 0.165 e. The number of benzene rings is 7. The Morgan fingerprint density at radius 3 is 1.37 bits per heavy atom. The molecule has 0 amide bonds. The van der Waals surface area contributed by atoms with Crippen molar-refractivity contribution in [3.05, 3.63) is 212 Å². The van der Waals surface area contributed by atoms with Gasteiger partial charge in [0.2, 0.25) is 0 Å². The average Bonchev–Trinajstić information content (AvgIpc) is 3.71. The molecule has 4 aromatic heterocycles. The minimum Gasteiger partial charge on any atom is -0.284 e. The Morgan fingerprint density at radius 2 is 0.763 bits per heavy atom. The van der Waals surface area contributed by atoms with E-state index in [1.54, 1.807) is 0 Å². The van der Waals surface area contributed by atoms with Crippen LogP contribution in [0.2, 0.25) is 0 Å². The molecule has 0 bridgehead atoms. The summed E-state index contributed by atoms with van der Waals surface area (Å²) < 4.78 is 2.07. The van der Waals surface area contributed by atoms with Crippen LogP contribution in [-0.2, 0) is 0 Å². The van der Waals surface area contributed by atoms with Crippen molar-refractivity contribution >= 4 is 27.6 Å². The highest BCUT2D eigenvalue weighted by Gasteiger charge is 2.23. The number of fused-ring (bicyclic) bond motifs is 5. The van der Waals surface area contributed by atoms with Crippen LogP contribution in [0.25, 0.3) is 106 Å². The summed E-state index contributed by atoms with van der Waals surface area (Å²) in [6.07, 6.45) is 2.03. The predicted molar refractivity (Wildman–Crippen MR) is 242 cm³/mol. The van der Waals surface area contributed by atoms with Crippen LogP contribution in [0.4, 0.5) is 0 Å². The molecule has 59 heavy (non-hydrogen) atoms. The van der Waals surface area contributed by atoms with Gasteiger partial charge < -0.3 is 0 Å². The SMILES string of the molecule is c1ccc(-c2cccc(-c3nc(-c4ccccc4)nc(-c4cccc(-c5ccccc5)c4)c3-c3cccc(-c4nc5c(nc6ccccn65)c5ccccc45)c3)c2)cc1. The zero-order valence-electron chi connectivity index (χ0n) is 31.9. The molecule has 0 atom stereocenters. The Hall–Kier alpha value is -8.02. The van der Waals surface area contributed by atoms with Gasteiger partial charge in [0.25, 0.3) is 0 Å². The Balaban J connectivity index is 1.20. The molecular weight excluding hydrogens is 719 g/mol. The molecule has 11 aromatic rings. The summed E-state index contributed by atoms with van der Waals surface area (Å²) in [5, 5.41) is 2.11. The van der Waals surface area contributed by atoms with Crippen LogP contribution in [0.5, 0.6) is 0 Å². The number of hydrogen-bond donors (Lipinski definition) is 0. The molecule has 0 N–H and O–H groups in total. The van der Waals surface area contributed by atoms with Gasteiger partial charge in [-0.3, -0.25) is 4.40 Å². The molecule has 0 saturated heterocycles. The first-order valence-electron chi connectivity index (χ1n) is 19.8. The molecule has 0 aliphatic rings. The largest absolute Gasteiger partial charge is 0.284 e. The first-order valence-corrected chi connectivity index (χ1v) is 19.8. The van der Waals surface area contributed by atoms with Gasteiger partial charge in [0.15, 0.2) is 11.5 Å². The lowest BCUT2D eigenvalue weighted by atomic mass is 9.90. The van der Waals surface area contributed by atoms with Gasteiger partial charge in [-0.25, -0.2) is 19.9 Å². The van der Waals surface area contributed by atoms with E-state index in [9.17, 15) is 0 Å². The fraction of sp³-hybridized carbons (Fsp3) is 0. The van der Waals surface area contributed by atoms with E-state index in [1.165, 1.54) is 0 Å². The van der Waals surface area contributed by atoms with Crippen LogP contribution in [0.3, 0.4) is 0 Å². The summed E-state index contributed by atoms with van der Waals surface area (Å²) in [7, 11) is 0. The zero-order valence-corrected chi connectivity index (χ0v) is 31.9. The number of imidazole rings is 1. The van der Waals surface area contributed by atoms with Gasteiger partial charge in [-0.1, -0.05) is 176 Å². The van der Waals surface area contributed by atoms with E-state index in [0.717, 1.165) is 100 Å². The second-order valence-electron chi connectivity index (χ2n) is 14.7. The number of rotatable bonds is 7. The fourth-order valence-electron chi connectivity index (χ4n) is 8.20. The number of nitrogens with zero attached hydrogens (tertiary/aromatic N) is 5. The maximum absolute atomic E-state index is 5.47. The van der Waals surface area contributed by atoms with Crippen molar-refractivity contribution in [3.8, 4) is 78.5 Å². The molecule has 7 aromatic carbocycles. The molecule has 0 saturated carbocycles. The number of aromatic nitrogens is 5. The van der Waals surface area contributed by atoms with E-state index in [1.807, 2.05) is 42.6 Å². The van der Waals surface area contributed by atoms with Crippen molar-refractivity contribution in [3.63, 3.8) is 0 Å². The van der Waals surface area contributed by atoms with E-state index in [-0.39, 0.29) is 0 Å². The van der Waals surface area contributed by atoms with Crippen LogP contribution in [0.1, 0.15) is 0 Å². The lowest BCUT2D eigenvalue weighted by molar-refractivity contribution is 1.18. The van der Waals surface area contributed by atoms with Crippen molar-refractivity contribution in [2.24, 2.45) is 0 Å². The highest BCUT2D eigenvalue weighted by Crippen LogP contribution is 2.43. The lowest BCUT2D eigenvalue weighted by Crippen LogP contribution is -2.01. The summed E-state index contributed by atoms with van der Waals surface area (Å²) in [6, 6.07) is 71.9. The predicted octanol–water partition coefficient (Wildman–Crippen LogP) is 13.5. The third-order valence-electron chi connectivity index (χ3n) is 11.0.